The molecule has 0 atom stereocenters. The van der Waals surface area contributed by atoms with E-state index in [2.05, 4.69) is 11.8 Å². The van der Waals surface area contributed by atoms with Crippen LogP contribution in [0.3, 0.4) is 0 Å². The number of hydrogen-bond acceptors (Lipinski definition) is 2. The Morgan fingerprint density at radius 3 is 2.67 bits per heavy atom. The van der Waals surface area contributed by atoms with Crippen molar-refractivity contribution in [1.82, 2.24) is 0 Å². The average Bonchev–Trinajstić information content (AvgIpc) is 1.76. The SMILES string of the molecule is NCCCSC1CCC1. The van der Waals surface area contributed by atoms with Crippen molar-refractivity contribution in [3.05, 3.63) is 0 Å². The molecule has 1 nitrogen and oxygen atoms in total. The van der Waals surface area contributed by atoms with Gasteiger partial charge in [0.2, 0.25) is 0 Å². The first kappa shape index (κ1) is 7.42. The van der Waals surface area contributed by atoms with Gasteiger partial charge in [0.1, 0.15) is 0 Å². The molecule has 1 aliphatic rings. The maximum atomic E-state index is 5.36. The fraction of sp³-hybridized carbons (Fsp3) is 1.00. The van der Waals surface area contributed by atoms with Crippen molar-refractivity contribution in [2.45, 2.75) is 30.9 Å². The largest absolute Gasteiger partial charge is 0.330 e. The Morgan fingerprint density at radius 2 is 2.22 bits per heavy atom. The molecule has 0 bridgehead atoms. The zero-order valence-corrected chi connectivity index (χ0v) is 6.62. The lowest BCUT2D eigenvalue weighted by Gasteiger charge is -2.24. The summed E-state index contributed by atoms with van der Waals surface area (Å²) in [6.07, 6.45) is 5.56. The Bertz CT molecular complexity index is 71.3. The van der Waals surface area contributed by atoms with E-state index in [1.54, 1.807) is 0 Å². The van der Waals surface area contributed by atoms with Crippen LogP contribution in [0.1, 0.15) is 25.7 Å². The minimum atomic E-state index is 0.861. The normalized spacial score (nSPS) is 19.7. The van der Waals surface area contributed by atoms with E-state index in [-0.39, 0.29) is 0 Å². The van der Waals surface area contributed by atoms with E-state index in [0.717, 1.165) is 11.8 Å². The highest BCUT2D eigenvalue weighted by atomic mass is 32.2. The van der Waals surface area contributed by atoms with Crippen LogP contribution in [0.2, 0.25) is 0 Å². The summed E-state index contributed by atoms with van der Waals surface area (Å²) in [6, 6.07) is 0. The minimum absolute atomic E-state index is 0.861. The van der Waals surface area contributed by atoms with E-state index in [9.17, 15) is 0 Å². The third-order valence-electron chi connectivity index (χ3n) is 1.75. The van der Waals surface area contributed by atoms with Crippen molar-refractivity contribution in [1.29, 1.82) is 0 Å². The molecule has 0 heterocycles. The van der Waals surface area contributed by atoms with Crippen molar-refractivity contribution in [3.8, 4) is 0 Å². The van der Waals surface area contributed by atoms with Crippen molar-refractivity contribution >= 4 is 11.8 Å². The molecule has 0 aliphatic heterocycles. The summed E-state index contributed by atoms with van der Waals surface area (Å²) in [6.45, 7) is 0.861. The van der Waals surface area contributed by atoms with E-state index in [4.69, 9.17) is 5.73 Å². The Balaban J connectivity index is 1.80. The standard InChI is InChI=1S/C7H15NS/c8-5-2-6-9-7-3-1-4-7/h7H,1-6,8H2. The number of nitrogens with two attached hydrogens (primary N) is 1. The highest BCUT2D eigenvalue weighted by molar-refractivity contribution is 7.99. The molecule has 2 N–H and O–H groups in total. The summed E-state index contributed by atoms with van der Waals surface area (Å²) in [5, 5.41) is 0.997. The van der Waals surface area contributed by atoms with Gasteiger partial charge in [-0.25, -0.2) is 0 Å². The average molecular weight is 145 g/mol. The van der Waals surface area contributed by atoms with Crippen LogP contribution >= 0.6 is 11.8 Å². The monoisotopic (exact) mass is 145 g/mol. The van der Waals surface area contributed by atoms with Crippen molar-refractivity contribution < 1.29 is 0 Å². The molecule has 1 rings (SSSR count). The van der Waals surface area contributed by atoms with Crippen LogP contribution in [0, 0.1) is 0 Å². The van der Waals surface area contributed by atoms with Gasteiger partial charge in [-0.15, -0.1) is 0 Å². The first-order valence-corrected chi connectivity index (χ1v) is 4.80. The maximum absolute atomic E-state index is 5.36. The fourth-order valence-electron chi connectivity index (χ4n) is 0.871. The minimum Gasteiger partial charge on any atom is -0.330 e. The van der Waals surface area contributed by atoms with Gasteiger partial charge in [0.05, 0.1) is 0 Å². The Hall–Kier alpha value is 0.310. The molecule has 0 amide bonds. The predicted molar refractivity (Wildman–Crippen MR) is 43.8 cm³/mol. The predicted octanol–water partition coefficient (Wildman–Crippen LogP) is 1.62. The summed E-state index contributed by atoms with van der Waals surface area (Å²) in [5.41, 5.74) is 5.36. The van der Waals surface area contributed by atoms with Gasteiger partial charge in [0.25, 0.3) is 0 Å². The van der Waals surface area contributed by atoms with Crippen LogP contribution in [0.25, 0.3) is 0 Å². The number of hydrogen-bond donors (Lipinski definition) is 1. The smallest absolute Gasteiger partial charge is 0.00470 e. The summed E-state index contributed by atoms with van der Waals surface area (Å²) in [7, 11) is 0. The molecule has 0 spiro atoms. The summed E-state index contributed by atoms with van der Waals surface area (Å²) in [5.74, 6) is 1.28. The molecular formula is C7H15NS. The second kappa shape index (κ2) is 4.18. The summed E-state index contributed by atoms with van der Waals surface area (Å²) >= 11 is 2.11. The quantitative estimate of drug-likeness (QED) is 0.608. The van der Waals surface area contributed by atoms with E-state index in [1.807, 2.05) is 0 Å². The highest BCUT2D eigenvalue weighted by Gasteiger charge is 2.16. The second-order valence-electron chi connectivity index (χ2n) is 2.57. The summed E-state index contributed by atoms with van der Waals surface area (Å²) < 4.78 is 0. The summed E-state index contributed by atoms with van der Waals surface area (Å²) in [4.78, 5) is 0. The van der Waals surface area contributed by atoms with Gasteiger partial charge in [-0.2, -0.15) is 11.8 Å². The lowest BCUT2D eigenvalue weighted by atomic mass is 10.0. The Kier molecular flexibility index (Phi) is 3.44. The molecule has 0 aromatic carbocycles. The molecule has 0 unspecified atom stereocenters. The van der Waals surface area contributed by atoms with Crippen LogP contribution in [0.5, 0.6) is 0 Å². The van der Waals surface area contributed by atoms with E-state index in [1.165, 1.54) is 31.4 Å². The van der Waals surface area contributed by atoms with Crippen LogP contribution in [0.15, 0.2) is 0 Å². The first-order valence-electron chi connectivity index (χ1n) is 3.75. The molecule has 2 heteroatoms. The topological polar surface area (TPSA) is 26.0 Å². The fourth-order valence-corrected chi connectivity index (χ4v) is 2.20. The molecule has 0 aromatic rings. The lowest BCUT2D eigenvalue weighted by molar-refractivity contribution is 0.522. The molecule has 1 aliphatic carbocycles. The Labute approximate surface area is 61.4 Å². The van der Waals surface area contributed by atoms with E-state index < -0.39 is 0 Å². The number of thioether (sulfide) groups is 1. The molecule has 0 radical (unpaired) electrons. The highest BCUT2D eigenvalue weighted by Crippen LogP contribution is 2.31. The van der Waals surface area contributed by atoms with Crippen LogP contribution in [0.4, 0.5) is 0 Å². The second-order valence-corrected chi connectivity index (χ2v) is 3.97. The van der Waals surface area contributed by atoms with Gasteiger partial charge in [0, 0.05) is 5.25 Å². The lowest BCUT2D eigenvalue weighted by Crippen LogP contribution is -2.14. The van der Waals surface area contributed by atoms with Crippen LogP contribution in [-0.2, 0) is 0 Å². The van der Waals surface area contributed by atoms with Gasteiger partial charge in [-0.05, 0) is 31.6 Å². The van der Waals surface area contributed by atoms with E-state index >= 15 is 0 Å². The van der Waals surface area contributed by atoms with Gasteiger partial charge >= 0.3 is 0 Å². The molecule has 0 saturated heterocycles. The molecule has 54 valence electrons. The third-order valence-corrected chi connectivity index (χ3v) is 3.22. The van der Waals surface area contributed by atoms with Gasteiger partial charge in [0.15, 0.2) is 0 Å². The van der Waals surface area contributed by atoms with E-state index in [0.29, 0.717) is 0 Å². The first-order chi connectivity index (χ1) is 4.43. The van der Waals surface area contributed by atoms with Crippen LogP contribution < -0.4 is 5.73 Å². The molecule has 0 aromatic heterocycles. The third kappa shape index (κ3) is 2.59. The van der Waals surface area contributed by atoms with Crippen molar-refractivity contribution in [2.24, 2.45) is 5.73 Å². The van der Waals surface area contributed by atoms with Crippen LogP contribution in [-0.4, -0.2) is 17.5 Å². The maximum Gasteiger partial charge on any atom is 0.00470 e. The molecular weight excluding hydrogens is 130 g/mol. The Morgan fingerprint density at radius 1 is 1.44 bits per heavy atom. The van der Waals surface area contributed by atoms with Gasteiger partial charge in [-0.3, -0.25) is 0 Å². The van der Waals surface area contributed by atoms with Crippen molar-refractivity contribution in [2.75, 3.05) is 12.3 Å². The van der Waals surface area contributed by atoms with Crippen molar-refractivity contribution in [3.63, 3.8) is 0 Å². The zero-order chi connectivity index (χ0) is 6.53. The molecule has 1 saturated carbocycles. The molecule has 1 fully saturated rings. The van der Waals surface area contributed by atoms with Gasteiger partial charge in [-0.1, -0.05) is 6.42 Å². The molecule has 9 heavy (non-hydrogen) atoms. The number of rotatable bonds is 4. The van der Waals surface area contributed by atoms with Gasteiger partial charge < -0.3 is 5.73 Å². The zero-order valence-electron chi connectivity index (χ0n) is 5.81.